The number of para-hydroxylation sites is 1. The number of amides is 1. The van der Waals surface area contributed by atoms with Gasteiger partial charge in [-0.05, 0) is 55.8 Å². The van der Waals surface area contributed by atoms with Crippen molar-refractivity contribution >= 4 is 27.3 Å². The minimum atomic E-state index is -4.04. The van der Waals surface area contributed by atoms with Crippen molar-refractivity contribution in [2.45, 2.75) is 24.8 Å². The Kier molecular flexibility index (Phi) is 5.60. The number of halogens is 2. The van der Waals surface area contributed by atoms with Crippen LogP contribution in [0.5, 0.6) is 5.75 Å². The summed E-state index contributed by atoms with van der Waals surface area (Å²) < 4.78 is 61.6. The van der Waals surface area contributed by atoms with Gasteiger partial charge in [-0.3, -0.25) is 9.10 Å². The molecule has 0 aliphatic carbocycles. The lowest BCUT2D eigenvalue weighted by Crippen LogP contribution is -2.49. The van der Waals surface area contributed by atoms with Crippen LogP contribution in [0.2, 0.25) is 0 Å². The number of anilines is 2. The molecule has 1 unspecified atom stereocenters. The molecule has 6 nitrogen and oxygen atoms in total. The van der Waals surface area contributed by atoms with E-state index in [1.54, 1.807) is 37.3 Å². The molecule has 1 aliphatic heterocycles. The lowest BCUT2D eigenvalue weighted by molar-refractivity contribution is -0.122. The highest BCUT2D eigenvalue weighted by Crippen LogP contribution is 2.38. The third kappa shape index (κ3) is 4.03. The van der Waals surface area contributed by atoms with Crippen LogP contribution < -0.4 is 14.4 Å². The highest BCUT2D eigenvalue weighted by Gasteiger charge is 2.38. The van der Waals surface area contributed by atoms with Gasteiger partial charge in [-0.1, -0.05) is 29.8 Å². The lowest BCUT2D eigenvalue weighted by atomic mass is 10.1. The van der Waals surface area contributed by atoms with Crippen molar-refractivity contribution in [3.8, 4) is 5.75 Å². The minimum Gasteiger partial charge on any atom is -0.476 e. The second-order valence-corrected chi connectivity index (χ2v) is 9.38. The molecule has 1 heterocycles. The van der Waals surface area contributed by atoms with Crippen molar-refractivity contribution in [1.29, 1.82) is 0 Å². The standard InChI is InChI=1S/C23H20F2N2O4S/c1-14-6-9-16(10-7-14)32(29,30)27-13-21(31-20-11-8-15(2)12-19(20)27)23(28)26-22-17(24)4-3-5-18(22)25/h3-12,21H,13H2,1-2H3,(H,26,28). The van der Waals surface area contributed by atoms with Crippen molar-refractivity contribution in [2.75, 3.05) is 16.2 Å². The van der Waals surface area contributed by atoms with E-state index in [4.69, 9.17) is 4.74 Å². The number of hydrogen-bond donors (Lipinski definition) is 1. The Morgan fingerprint density at radius 2 is 1.62 bits per heavy atom. The molecule has 0 bridgehead atoms. The Labute approximate surface area is 184 Å². The Morgan fingerprint density at radius 3 is 2.28 bits per heavy atom. The molecule has 166 valence electrons. The van der Waals surface area contributed by atoms with Gasteiger partial charge in [-0.25, -0.2) is 17.2 Å². The second-order valence-electron chi connectivity index (χ2n) is 7.51. The third-order valence-corrected chi connectivity index (χ3v) is 6.89. The van der Waals surface area contributed by atoms with Crippen LogP contribution in [0, 0.1) is 25.5 Å². The van der Waals surface area contributed by atoms with E-state index >= 15 is 0 Å². The Bertz CT molecular complexity index is 1270. The van der Waals surface area contributed by atoms with Crippen molar-refractivity contribution in [1.82, 2.24) is 0 Å². The fraction of sp³-hybridized carbons (Fsp3) is 0.174. The summed E-state index contributed by atoms with van der Waals surface area (Å²) in [5.74, 6) is -2.60. The van der Waals surface area contributed by atoms with Gasteiger partial charge in [0.2, 0.25) is 0 Å². The molecule has 1 atom stereocenters. The van der Waals surface area contributed by atoms with Crippen LogP contribution in [0.4, 0.5) is 20.2 Å². The average molecular weight is 458 g/mol. The van der Waals surface area contributed by atoms with Gasteiger partial charge >= 0.3 is 0 Å². The van der Waals surface area contributed by atoms with Crippen molar-refractivity contribution in [3.63, 3.8) is 0 Å². The van der Waals surface area contributed by atoms with Crippen LogP contribution in [-0.2, 0) is 14.8 Å². The summed E-state index contributed by atoms with van der Waals surface area (Å²) in [6.07, 6.45) is -1.33. The van der Waals surface area contributed by atoms with Gasteiger partial charge in [0.05, 0.1) is 17.1 Å². The summed E-state index contributed by atoms with van der Waals surface area (Å²) in [6, 6.07) is 14.4. The number of nitrogens with zero attached hydrogens (tertiary/aromatic N) is 1. The van der Waals surface area contributed by atoms with Gasteiger partial charge in [0.1, 0.15) is 23.1 Å². The molecule has 3 aromatic rings. The van der Waals surface area contributed by atoms with Crippen LogP contribution in [0.15, 0.2) is 65.6 Å². The lowest BCUT2D eigenvalue weighted by Gasteiger charge is -2.35. The van der Waals surface area contributed by atoms with Gasteiger partial charge in [0.25, 0.3) is 15.9 Å². The molecule has 0 spiro atoms. The predicted molar refractivity (Wildman–Crippen MR) is 116 cm³/mol. The molecule has 0 aromatic heterocycles. The normalized spacial score (nSPS) is 15.6. The van der Waals surface area contributed by atoms with E-state index < -0.39 is 39.4 Å². The molecule has 0 saturated carbocycles. The summed E-state index contributed by atoms with van der Waals surface area (Å²) >= 11 is 0. The Hall–Kier alpha value is -3.46. The zero-order chi connectivity index (χ0) is 23.0. The van der Waals surface area contributed by atoms with Crippen LogP contribution in [0.1, 0.15) is 11.1 Å². The number of nitrogens with one attached hydrogen (secondary N) is 1. The van der Waals surface area contributed by atoms with Crippen LogP contribution >= 0.6 is 0 Å². The van der Waals surface area contributed by atoms with Gasteiger partial charge < -0.3 is 10.1 Å². The van der Waals surface area contributed by atoms with Crippen LogP contribution in [-0.4, -0.2) is 27.0 Å². The average Bonchev–Trinajstić information content (AvgIpc) is 2.75. The zero-order valence-corrected chi connectivity index (χ0v) is 18.1. The molecular formula is C23H20F2N2O4S. The number of hydrogen-bond acceptors (Lipinski definition) is 4. The molecule has 3 aromatic carbocycles. The van der Waals surface area contributed by atoms with Gasteiger partial charge in [-0.15, -0.1) is 0 Å². The summed E-state index contributed by atoms with van der Waals surface area (Å²) in [5, 5.41) is 2.17. The fourth-order valence-corrected chi connectivity index (χ4v) is 4.85. The maximum Gasteiger partial charge on any atom is 0.267 e. The third-order valence-electron chi connectivity index (χ3n) is 5.10. The van der Waals surface area contributed by atoms with E-state index in [1.165, 1.54) is 18.2 Å². The number of aryl methyl sites for hydroxylation is 2. The predicted octanol–water partition coefficient (Wildman–Crippen LogP) is 4.18. The minimum absolute atomic E-state index is 0.0526. The molecule has 0 fully saturated rings. The van der Waals surface area contributed by atoms with Crippen molar-refractivity contribution in [3.05, 3.63) is 83.4 Å². The first-order valence-electron chi connectivity index (χ1n) is 9.78. The van der Waals surface area contributed by atoms with E-state index in [0.717, 1.165) is 27.6 Å². The maximum atomic E-state index is 14.0. The number of carbonyl (C=O) groups excluding carboxylic acids is 1. The Balaban J connectivity index is 1.71. The molecular weight excluding hydrogens is 438 g/mol. The number of carbonyl (C=O) groups is 1. The second kappa shape index (κ2) is 8.23. The van der Waals surface area contributed by atoms with Gasteiger partial charge in [0.15, 0.2) is 6.10 Å². The highest BCUT2D eigenvalue weighted by molar-refractivity contribution is 7.92. The number of sulfonamides is 1. The van der Waals surface area contributed by atoms with E-state index in [9.17, 15) is 22.0 Å². The topological polar surface area (TPSA) is 75.7 Å². The molecule has 0 saturated heterocycles. The summed E-state index contributed by atoms with van der Waals surface area (Å²) in [4.78, 5) is 12.9. The SMILES string of the molecule is Cc1ccc(S(=O)(=O)N2CC(C(=O)Nc3c(F)cccc3F)Oc3ccc(C)cc32)cc1. The highest BCUT2D eigenvalue weighted by atomic mass is 32.2. The van der Waals surface area contributed by atoms with Gasteiger partial charge in [0, 0.05) is 0 Å². The molecule has 1 aliphatic rings. The quantitative estimate of drug-likeness (QED) is 0.637. The molecule has 1 N–H and O–H groups in total. The number of ether oxygens (including phenoxy) is 1. The first kappa shape index (κ1) is 21.8. The van der Waals surface area contributed by atoms with Gasteiger partial charge in [-0.2, -0.15) is 0 Å². The van der Waals surface area contributed by atoms with Crippen molar-refractivity contribution < 1.29 is 26.7 Å². The maximum absolute atomic E-state index is 14.0. The molecule has 9 heteroatoms. The zero-order valence-electron chi connectivity index (χ0n) is 17.3. The van der Waals surface area contributed by atoms with E-state index in [1.807, 2.05) is 6.92 Å². The molecule has 1 amide bonds. The molecule has 32 heavy (non-hydrogen) atoms. The summed E-state index contributed by atoms with van der Waals surface area (Å²) in [7, 11) is -4.04. The summed E-state index contributed by atoms with van der Waals surface area (Å²) in [5.41, 5.74) is 1.36. The number of rotatable bonds is 4. The Morgan fingerprint density at radius 1 is 1.00 bits per heavy atom. The largest absolute Gasteiger partial charge is 0.476 e. The van der Waals surface area contributed by atoms with Crippen LogP contribution in [0.3, 0.4) is 0 Å². The van der Waals surface area contributed by atoms with E-state index in [-0.39, 0.29) is 22.9 Å². The first-order chi connectivity index (χ1) is 15.2. The molecule has 0 radical (unpaired) electrons. The van der Waals surface area contributed by atoms with Crippen molar-refractivity contribution in [2.24, 2.45) is 0 Å². The number of fused-ring (bicyclic) bond motifs is 1. The van der Waals surface area contributed by atoms with E-state index in [2.05, 4.69) is 5.32 Å². The van der Waals surface area contributed by atoms with E-state index in [0.29, 0.717) is 0 Å². The first-order valence-corrected chi connectivity index (χ1v) is 11.2. The number of benzene rings is 3. The summed E-state index contributed by atoms with van der Waals surface area (Å²) in [6.45, 7) is 3.28. The monoisotopic (exact) mass is 458 g/mol. The smallest absolute Gasteiger partial charge is 0.267 e. The fourth-order valence-electron chi connectivity index (χ4n) is 3.38. The van der Waals surface area contributed by atoms with Crippen LogP contribution in [0.25, 0.3) is 0 Å². The molecule has 4 rings (SSSR count).